The molecule has 8 nitrogen and oxygen atoms in total. The minimum absolute atomic E-state index is 0.0243. The van der Waals surface area contributed by atoms with Crippen molar-refractivity contribution in [2.24, 2.45) is 23.7 Å². The molecule has 0 bridgehead atoms. The van der Waals surface area contributed by atoms with E-state index in [-0.39, 0.29) is 47.9 Å². The molecule has 8 heteroatoms. The van der Waals surface area contributed by atoms with E-state index < -0.39 is 0 Å². The first-order valence-electron chi connectivity index (χ1n) is 17.7. The number of allylic oxidation sites excluding steroid dienone is 3. The van der Waals surface area contributed by atoms with Crippen LogP contribution in [0, 0.1) is 23.7 Å². The molecule has 2 rings (SSSR count). The number of amides is 2. The molecular weight excluding hydrogens is 568 g/mol. The smallest absolute Gasteiger partial charge is 0.409 e. The number of ether oxygens (including phenoxy) is 4. The van der Waals surface area contributed by atoms with Gasteiger partial charge in [0.25, 0.3) is 0 Å². The lowest BCUT2D eigenvalue weighted by atomic mass is 9.82. The molecule has 1 saturated heterocycles. The van der Waals surface area contributed by atoms with Gasteiger partial charge in [0.2, 0.25) is 5.91 Å². The Morgan fingerprint density at radius 1 is 1.04 bits per heavy atom. The molecule has 1 aliphatic carbocycles. The van der Waals surface area contributed by atoms with Crippen LogP contribution in [0.15, 0.2) is 23.8 Å². The average Bonchev–Trinajstić information content (AvgIpc) is 3.00. The predicted octanol–water partition coefficient (Wildman–Crippen LogP) is 7.71. The molecule has 2 aliphatic rings. The van der Waals surface area contributed by atoms with E-state index >= 15 is 0 Å². The number of carbonyl (C=O) groups excluding carboxylic acids is 2. The molecule has 45 heavy (non-hydrogen) atoms. The number of hydrogen-bond donors (Lipinski definition) is 1. The molecule has 0 radical (unpaired) electrons. The quantitative estimate of drug-likeness (QED) is 0.165. The predicted molar refractivity (Wildman–Crippen MR) is 182 cm³/mol. The standard InChI is InChI=1S/C37H66N2O6/c1-11-33(42-10)29(7)45-37(8,9)23-26(4)15-14-16-27(5)34-28(6)17-22-32(44-34)24-38-35(40)31-20-18-30(19-21-31)25-43-36(41)39(12-2)13-3/h14-16,26,28-34H,11-13,17-25H2,1-10H3,(H,38,40)/b15-14+,27-16+/t26-,28+,29?,30-,31+,32-,33+,34-/m1/s1. The summed E-state index contributed by atoms with van der Waals surface area (Å²) in [4.78, 5) is 26.8. The molecule has 0 aromatic rings. The fourth-order valence-corrected chi connectivity index (χ4v) is 7.08. The zero-order valence-electron chi connectivity index (χ0n) is 30.2. The molecule has 1 unspecified atom stereocenters. The monoisotopic (exact) mass is 634 g/mol. The molecule has 2 amide bonds. The Morgan fingerprint density at radius 2 is 1.71 bits per heavy atom. The zero-order valence-corrected chi connectivity index (χ0v) is 30.2. The van der Waals surface area contributed by atoms with Gasteiger partial charge < -0.3 is 29.2 Å². The van der Waals surface area contributed by atoms with Gasteiger partial charge in [-0.1, -0.05) is 39.0 Å². The van der Waals surface area contributed by atoms with Crippen LogP contribution in [-0.4, -0.2) is 80.3 Å². The fourth-order valence-electron chi connectivity index (χ4n) is 7.08. The summed E-state index contributed by atoms with van der Waals surface area (Å²) in [6, 6.07) is 0. The van der Waals surface area contributed by atoms with Crippen LogP contribution in [0.25, 0.3) is 0 Å². The number of nitrogens with one attached hydrogen (secondary N) is 1. The van der Waals surface area contributed by atoms with E-state index in [1.807, 2.05) is 13.8 Å². The summed E-state index contributed by atoms with van der Waals surface area (Å²) in [6.07, 6.45) is 14.0. The molecule has 0 aromatic carbocycles. The van der Waals surface area contributed by atoms with Crippen LogP contribution in [0.5, 0.6) is 0 Å². The second-order valence-electron chi connectivity index (χ2n) is 14.2. The lowest BCUT2D eigenvalue weighted by molar-refractivity contribution is -0.128. The maximum Gasteiger partial charge on any atom is 0.409 e. The summed E-state index contributed by atoms with van der Waals surface area (Å²) in [5, 5.41) is 3.19. The Balaban J connectivity index is 1.78. The minimum Gasteiger partial charge on any atom is -0.449 e. The maximum absolute atomic E-state index is 13.0. The Kier molecular flexibility index (Phi) is 17.2. The third-order valence-electron chi connectivity index (χ3n) is 9.78. The third kappa shape index (κ3) is 13.4. The number of methoxy groups -OCH3 is 1. The molecule has 0 aromatic heterocycles. The van der Waals surface area contributed by atoms with Gasteiger partial charge in [0.1, 0.15) is 0 Å². The van der Waals surface area contributed by atoms with Crippen molar-refractivity contribution in [3.63, 3.8) is 0 Å². The lowest BCUT2D eigenvalue weighted by Gasteiger charge is -2.36. The summed E-state index contributed by atoms with van der Waals surface area (Å²) in [5.74, 6) is 1.29. The van der Waals surface area contributed by atoms with Crippen LogP contribution in [0.3, 0.4) is 0 Å². The number of nitrogens with zero attached hydrogens (tertiary/aromatic N) is 1. The van der Waals surface area contributed by atoms with Crippen molar-refractivity contribution in [1.82, 2.24) is 10.2 Å². The van der Waals surface area contributed by atoms with Gasteiger partial charge in [-0.2, -0.15) is 0 Å². The fraction of sp³-hybridized carbons (Fsp3) is 0.838. The van der Waals surface area contributed by atoms with Gasteiger partial charge in [0.15, 0.2) is 0 Å². The molecule has 1 aliphatic heterocycles. The Morgan fingerprint density at radius 3 is 2.31 bits per heavy atom. The molecule has 0 spiro atoms. The highest BCUT2D eigenvalue weighted by atomic mass is 16.6. The van der Waals surface area contributed by atoms with Crippen LogP contribution >= 0.6 is 0 Å². The lowest BCUT2D eigenvalue weighted by Crippen LogP contribution is -2.43. The van der Waals surface area contributed by atoms with Gasteiger partial charge in [0, 0.05) is 32.7 Å². The third-order valence-corrected chi connectivity index (χ3v) is 9.78. The van der Waals surface area contributed by atoms with Crippen molar-refractivity contribution >= 4 is 12.0 Å². The van der Waals surface area contributed by atoms with E-state index in [1.54, 1.807) is 12.0 Å². The van der Waals surface area contributed by atoms with Crippen LogP contribution in [0.1, 0.15) is 114 Å². The normalized spacial score (nSPS) is 26.7. The van der Waals surface area contributed by atoms with Gasteiger partial charge in [-0.15, -0.1) is 0 Å². The number of carbonyl (C=O) groups is 2. The van der Waals surface area contributed by atoms with E-state index in [9.17, 15) is 9.59 Å². The summed E-state index contributed by atoms with van der Waals surface area (Å²) < 4.78 is 24.0. The Hall–Kier alpha value is -1.90. The maximum atomic E-state index is 13.0. The van der Waals surface area contributed by atoms with Crippen molar-refractivity contribution < 1.29 is 28.5 Å². The van der Waals surface area contributed by atoms with Crippen molar-refractivity contribution in [3.8, 4) is 0 Å². The van der Waals surface area contributed by atoms with Crippen LogP contribution in [0.4, 0.5) is 4.79 Å². The van der Waals surface area contributed by atoms with E-state index in [2.05, 4.69) is 72.0 Å². The van der Waals surface area contributed by atoms with Gasteiger partial charge in [-0.25, -0.2) is 4.79 Å². The van der Waals surface area contributed by atoms with Crippen molar-refractivity contribution in [1.29, 1.82) is 0 Å². The largest absolute Gasteiger partial charge is 0.449 e. The highest BCUT2D eigenvalue weighted by Crippen LogP contribution is 2.31. The highest BCUT2D eigenvalue weighted by molar-refractivity contribution is 5.78. The van der Waals surface area contributed by atoms with E-state index in [4.69, 9.17) is 18.9 Å². The number of rotatable bonds is 17. The van der Waals surface area contributed by atoms with Gasteiger partial charge >= 0.3 is 6.09 Å². The van der Waals surface area contributed by atoms with E-state index in [1.165, 1.54) is 5.57 Å². The number of hydrogen-bond acceptors (Lipinski definition) is 6. The first-order valence-corrected chi connectivity index (χ1v) is 17.7. The van der Waals surface area contributed by atoms with Crippen molar-refractivity contribution in [2.45, 2.75) is 144 Å². The molecule has 1 N–H and O–H groups in total. The van der Waals surface area contributed by atoms with E-state index in [0.717, 1.165) is 51.4 Å². The van der Waals surface area contributed by atoms with Gasteiger partial charge in [-0.05, 0) is 116 Å². The molecule has 1 saturated carbocycles. The van der Waals surface area contributed by atoms with E-state index in [0.29, 0.717) is 44.0 Å². The molecule has 1 heterocycles. The average molecular weight is 635 g/mol. The summed E-state index contributed by atoms with van der Waals surface area (Å²) >= 11 is 0. The zero-order chi connectivity index (χ0) is 33.6. The van der Waals surface area contributed by atoms with Gasteiger partial charge in [-0.3, -0.25) is 4.79 Å². The Bertz CT molecular complexity index is 933. The summed E-state index contributed by atoms with van der Waals surface area (Å²) in [5.41, 5.74) is 0.975. The highest BCUT2D eigenvalue weighted by Gasteiger charge is 2.32. The van der Waals surface area contributed by atoms with Crippen LogP contribution < -0.4 is 5.32 Å². The molecule has 2 fully saturated rings. The Labute approximate surface area is 275 Å². The van der Waals surface area contributed by atoms with Crippen molar-refractivity contribution in [2.75, 3.05) is 33.4 Å². The second kappa shape index (κ2) is 19.7. The SMILES string of the molecule is CC[C@H](OC)C(C)OC(C)(C)C[C@H](C)/C=C/C=C(\C)[C@H]1O[C@@H](CNC(=O)[C@H]2CC[C@@H](COC(=O)N(CC)CC)CC2)CC[C@@H]1C. The first-order chi connectivity index (χ1) is 21.3. The summed E-state index contributed by atoms with van der Waals surface area (Å²) in [7, 11) is 1.75. The van der Waals surface area contributed by atoms with Crippen molar-refractivity contribution in [3.05, 3.63) is 23.8 Å². The molecular formula is C37H66N2O6. The first kappa shape index (κ1) is 39.3. The minimum atomic E-state index is -0.244. The van der Waals surface area contributed by atoms with Gasteiger partial charge in [0.05, 0.1) is 36.6 Å². The second-order valence-corrected chi connectivity index (χ2v) is 14.2. The van der Waals surface area contributed by atoms with Crippen LogP contribution in [-0.2, 0) is 23.7 Å². The molecule has 260 valence electrons. The summed E-state index contributed by atoms with van der Waals surface area (Å²) in [6.45, 7) is 21.4. The van der Waals surface area contributed by atoms with Crippen LogP contribution in [0.2, 0.25) is 0 Å². The topological polar surface area (TPSA) is 86.3 Å². The molecule has 6 atom stereocenters.